The second-order valence-corrected chi connectivity index (χ2v) is 6.65. The molecule has 1 heterocycles. The van der Waals surface area contributed by atoms with Gasteiger partial charge in [0.15, 0.2) is 12.1 Å². The molecule has 0 amide bonds. The Morgan fingerprint density at radius 2 is 2.10 bits per heavy atom. The molecule has 0 aliphatic carbocycles. The van der Waals surface area contributed by atoms with Crippen molar-refractivity contribution in [3.8, 4) is 5.75 Å². The highest BCUT2D eigenvalue weighted by Crippen LogP contribution is 2.35. The molecule has 21 heavy (non-hydrogen) atoms. The lowest BCUT2D eigenvalue weighted by Gasteiger charge is -2.10. The molecule has 0 aliphatic rings. The third-order valence-electron chi connectivity index (χ3n) is 2.90. The number of hydrogen-bond donors (Lipinski definition) is 2. The molecule has 0 saturated carbocycles. The highest BCUT2D eigenvalue weighted by Gasteiger charge is 2.18. The van der Waals surface area contributed by atoms with E-state index in [1.165, 1.54) is 6.92 Å². The Bertz CT molecular complexity index is 731. The minimum absolute atomic E-state index is 0.0395. The fourth-order valence-electron chi connectivity index (χ4n) is 2.02. The summed E-state index contributed by atoms with van der Waals surface area (Å²) in [5, 5.41) is 4.99. The summed E-state index contributed by atoms with van der Waals surface area (Å²) in [5.74, 6) is 0.186. The van der Waals surface area contributed by atoms with Crippen LogP contribution in [0.4, 0.5) is 0 Å². The van der Waals surface area contributed by atoms with Crippen molar-refractivity contribution in [1.82, 2.24) is 9.78 Å². The summed E-state index contributed by atoms with van der Waals surface area (Å²) in [5.41, 5.74) is 1.07. The normalized spacial score (nSPS) is 12.1. The molecule has 0 radical (unpaired) electrons. The summed E-state index contributed by atoms with van der Waals surface area (Å²) < 4.78 is 17.6. The van der Waals surface area contributed by atoms with E-state index in [0.29, 0.717) is 22.3 Å². The molecular formula is C13H17N2O5P. The second kappa shape index (κ2) is 5.60. The van der Waals surface area contributed by atoms with Gasteiger partial charge in [-0.25, -0.2) is 0 Å². The number of ether oxygens (including phenoxy) is 1. The van der Waals surface area contributed by atoms with Crippen molar-refractivity contribution in [3.63, 3.8) is 0 Å². The summed E-state index contributed by atoms with van der Waals surface area (Å²) in [4.78, 5) is 29.3. The maximum absolute atomic E-state index is 11.6. The Balaban J connectivity index is 2.48. The first-order valence-corrected chi connectivity index (χ1v) is 8.19. The van der Waals surface area contributed by atoms with Crippen LogP contribution >= 0.6 is 7.60 Å². The number of nitrogens with zero attached hydrogens (tertiary/aromatic N) is 2. The molecule has 0 fully saturated rings. The first-order chi connectivity index (χ1) is 9.69. The van der Waals surface area contributed by atoms with Crippen LogP contribution < -0.4 is 4.74 Å². The Hall–Kier alpha value is -1.69. The van der Waals surface area contributed by atoms with Crippen molar-refractivity contribution in [2.45, 2.75) is 26.8 Å². The van der Waals surface area contributed by atoms with Crippen molar-refractivity contribution < 1.29 is 23.9 Å². The first-order valence-electron chi connectivity index (χ1n) is 6.39. The number of carbonyl (C=O) groups excluding carboxylic acids is 1. The Morgan fingerprint density at radius 1 is 1.43 bits per heavy atom. The Kier molecular flexibility index (Phi) is 4.18. The summed E-state index contributed by atoms with van der Waals surface area (Å²) in [6.07, 6.45) is -0.687. The van der Waals surface area contributed by atoms with E-state index < -0.39 is 13.9 Å². The van der Waals surface area contributed by atoms with Gasteiger partial charge in [-0.15, -0.1) is 0 Å². The van der Waals surface area contributed by atoms with E-state index in [4.69, 9.17) is 14.5 Å². The molecule has 2 rings (SSSR count). The lowest BCUT2D eigenvalue weighted by molar-refractivity contribution is 0.101. The molecule has 7 nitrogen and oxygen atoms in total. The fourth-order valence-corrected chi connectivity index (χ4v) is 2.34. The second-order valence-electron chi connectivity index (χ2n) is 5.06. The zero-order chi connectivity index (χ0) is 15.8. The molecule has 0 spiro atoms. The van der Waals surface area contributed by atoms with Crippen molar-refractivity contribution in [3.05, 3.63) is 23.9 Å². The molecule has 114 valence electrons. The summed E-state index contributed by atoms with van der Waals surface area (Å²) in [7, 11) is -4.23. The van der Waals surface area contributed by atoms with E-state index in [1.807, 2.05) is 13.8 Å². The van der Waals surface area contributed by atoms with Crippen LogP contribution in [0.15, 0.2) is 18.2 Å². The van der Waals surface area contributed by atoms with Crippen LogP contribution in [0.25, 0.3) is 10.9 Å². The minimum Gasteiger partial charge on any atom is -0.481 e. The topological polar surface area (TPSA) is 102 Å². The van der Waals surface area contributed by atoms with Gasteiger partial charge < -0.3 is 14.5 Å². The Morgan fingerprint density at radius 3 is 2.62 bits per heavy atom. The van der Waals surface area contributed by atoms with Crippen LogP contribution in [-0.4, -0.2) is 31.7 Å². The van der Waals surface area contributed by atoms with Crippen LogP contribution in [0.5, 0.6) is 5.75 Å². The van der Waals surface area contributed by atoms with Gasteiger partial charge in [-0.2, -0.15) is 5.10 Å². The SMILES string of the molecule is CC(=O)c1nn(C(C)C)c2cc(OCP(=O)(O)O)ccc12. The number of benzene rings is 1. The van der Waals surface area contributed by atoms with Gasteiger partial charge in [0.25, 0.3) is 0 Å². The number of ketones is 1. The molecule has 0 atom stereocenters. The molecule has 0 aliphatic heterocycles. The molecule has 0 bridgehead atoms. The zero-order valence-corrected chi connectivity index (χ0v) is 12.9. The van der Waals surface area contributed by atoms with E-state index >= 15 is 0 Å². The quantitative estimate of drug-likeness (QED) is 0.649. The molecule has 2 aromatic rings. The van der Waals surface area contributed by atoms with E-state index in [-0.39, 0.29) is 11.8 Å². The predicted octanol–water partition coefficient (Wildman–Crippen LogP) is 2.33. The van der Waals surface area contributed by atoms with Crippen LogP contribution in [0, 0.1) is 0 Å². The number of rotatable bonds is 5. The van der Waals surface area contributed by atoms with Gasteiger partial charge in [0, 0.05) is 24.4 Å². The molecule has 8 heteroatoms. The highest BCUT2D eigenvalue weighted by atomic mass is 31.2. The van der Waals surface area contributed by atoms with E-state index in [1.54, 1.807) is 22.9 Å². The van der Waals surface area contributed by atoms with E-state index in [9.17, 15) is 9.36 Å². The number of Topliss-reactive ketones (excluding diaryl/α,β-unsaturated/α-hetero) is 1. The van der Waals surface area contributed by atoms with Crippen LogP contribution in [0.2, 0.25) is 0 Å². The molecule has 2 N–H and O–H groups in total. The van der Waals surface area contributed by atoms with Crippen molar-refractivity contribution in [2.75, 3.05) is 6.35 Å². The fraction of sp³-hybridized carbons (Fsp3) is 0.385. The maximum atomic E-state index is 11.6. The minimum atomic E-state index is -4.23. The number of hydrogen-bond acceptors (Lipinski definition) is 4. The van der Waals surface area contributed by atoms with Crippen molar-refractivity contribution >= 4 is 24.3 Å². The number of carbonyl (C=O) groups is 1. The average molecular weight is 312 g/mol. The van der Waals surface area contributed by atoms with Crippen molar-refractivity contribution in [2.24, 2.45) is 0 Å². The average Bonchev–Trinajstić information content (AvgIpc) is 2.74. The Labute approximate surface area is 121 Å². The third-order valence-corrected chi connectivity index (χ3v) is 3.37. The van der Waals surface area contributed by atoms with Crippen LogP contribution in [0.1, 0.15) is 37.3 Å². The van der Waals surface area contributed by atoms with Gasteiger partial charge >= 0.3 is 7.60 Å². The smallest absolute Gasteiger partial charge is 0.362 e. The van der Waals surface area contributed by atoms with Crippen molar-refractivity contribution in [1.29, 1.82) is 0 Å². The van der Waals surface area contributed by atoms with Crippen LogP contribution in [0.3, 0.4) is 0 Å². The molecule has 0 unspecified atom stereocenters. The molecule has 1 aromatic heterocycles. The lowest BCUT2D eigenvalue weighted by Crippen LogP contribution is -2.04. The largest absolute Gasteiger partial charge is 0.481 e. The van der Waals surface area contributed by atoms with E-state index in [0.717, 1.165) is 0 Å². The third kappa shape index (κ3) is 3.50. The molecule has 0 saturated heterocycles. The van der Waals surface area contributed by atoms with Gasteiger partial charge in [-0.3, -0.25) is 14.0 Å². The van der Waals surface area contributed by atoms with Gasteiger partial charge in [0.1, 0.15) is 11.4 Å². The van der Waals surface area contributed by atoms with Gasteiger partial charge in [0.05, 0.1) is 5.52 Å². The lowest BCUT2D eigenvalue weighted by atomic mass is 10.1. The highest BCUT2D eigenvalue weighted by molar-refractivity contribution is 7.51. The van der Waals surface area contributed by atoms with E-state index in [2.05, 4.69) is 5.10 Å². The standard InChI is InChI=1S/C13H17N2O5P/c1-8(2)15-12-6-10(20-7-21(17,18)19)4-5-11(12)13(14-15)9(3)16/h4-6,8H,7H2,1-3H3,(H2,17,18,19). The van der Waals surface area contributed by atoms with Crippen LogP contribution in [-0.2, 0) is 4.57 Å². The zero-order valence-electron chi connectivity index (χ0n) is 12.0. The summed E-state index contributed by atoms with van der Waals surface area (Å²) >= 11 is 0. The van der Waals surface area contributed by atoms with Gasteiger partial charge in [-0.05, 0) is 26.0 Å². The maximum Gasteiger partial charge on any atom is 0.362 e. The van der Waals surface area contributed by atoms with Gasteiger partial charge in [0.2, 0.25) is 0 Å². The number of fused-ring (bicyclic) bond motifs is 1. The molecule has 1 aromatic carbocycles. The summed E-state index contributed by atoms with van der Waals surface area (Å²) in [6.45, 7) is 5.31. The predicted molar refractivity (Wildman–Crippen MR) is 77.7 cm³/mol. The first kappa shape index (κ1) is 15.7. The van der Waals surface area contributed by atoms with Gasteiger partial charge in [-0.1, -0.05) is 0 Å². The summed E-state index contributed by atoms with van der Waals surface area (Å²) in [6, 6.07) is 4.91. The monoisotopic (exact) mass is 312 g/mol. The number of aromatic nitrogens is 2. The molecular weight excluding hydrogens is 295 g/mol.